The molecule has 0 unspecified atom stereocenters. The molecular formula is C13H17N9O. The fourth-order valence-electron chi connectivity index (χ4n) is 2.11. The van der Waals surface area contributed by atoms with Crippen molar-refractivity contribution in [2.45, 2.75) is 33.2 Å². The summed E-state index contributed by atoms with van der Waals surface area (Å²) < 4.78 is 3.17. The second-order valence-electron chi connectivity index (χ2n) is 5.10. The molecule has 0 spiro atoms. The molecule has 0 aliphatic heterocycles. The molecule has 1 amide bonds. The van der Waals surface area contributed by atoms with Gasteiger partial charge in [0.1, 0.15) is 17.8 Å². The predicted octanol–water partition coefficient (Wildman–Crippen LogP) is 0.943. The van der Waals surface area contributed by atoms with Crippen LogP contribution in [0.5, 0.6) is 0 Å². The zero-order valence-electron chi connectivity index (χ0n) is 12.9. The van der Waals surface area contributed by atoms with Crippen LogP contribution in [0.3, 0.4) is 0 Å². The van der Waals surface area contributed by atoms with E-state index >= 15 is 0 Å². The smallest absolute Gasteiger partial charge is 0.274 e. The summed E-state index contributed by atoms with van der Waals surface area (Å²) >= 11 is 0. The lowest BCUT2D eigenvalue weighted by Crippen LogP contribution is -2.17. The number of nitrogens with one attached hydrogen (secondary N) is 2. The molecule has 0 radical (unpaired) electrons. The summed E-state index contributed by atoms with van der Waals surface area (Å²) in [5, 5.41) is 24.6. The second kappa shape index (κ2) is 6.38. The Bertz CT molecular complexity index is 786. The van der Waals surface area contributed by atoms with E-state index in [2.05, 4.69) is 43.1 Å². The molecule has 10 nitrogen and oxygen atoms in total. The standard InChI is InChI=1S/C13H17N9O/c1-3-4-5-21-12(9(2)7-15-21)16-13(23)10-6-11(18-17-10)22-8-14-19-20-22/h6-8H,3-5H2,1-2H3,(H,16,23)(H,17,18). The summed E-state index contributed by atoms with van der Waals surface area (Å²) in [6, 6.07) is 1.58. The summed E-state index contributed by atoms with van der Waals surface area (Å²) in [6.45, 7) is 4.78. The van der Waals surface area contributed by atoms with Crippen molar-refractivity contribution in [3.05, 3.63) is 29.8 Å². The molecule has 10 heteroatoms. The number of hydrogen-bond donors (Lipinski definition) is 2. The van der Waals surface area contributed by atoms with Crippen molar-refractivity contribution >= 4 is 11.7 Å². The molecule has 3 aromatic rings. The van der Waals surface area contributed by atoms with Crippen LogP contribution in [-0.2, 0) is 6.54 Å². The van der Waals surface area contributed by atoms with Crippen molar-refractivity contribution in [3.63, 3.8) is 0 Å². The van der Waals surface area contributed by atoms with Gasteiger partial charge in [0.05, 0.1) is 6.20 Å². The molecular weight excluding hydrogens is 298 g/mol. The summed E-state index contributed by atoms with van der Waals surface area (Å²) in [5.41, 5.74) is 1.23. The van der Waals surface area contributed by atoms with Crippen LogP contribution in [0.1, 0.15) is 35.8 Å². The van der Waals surface area contributed by atoms with Crippen LogP contribution in [0, 0.1) is 6.92 Å². The molecule has 3 heterocycles. The molecule has 0 fully saturated rings. The van der Waals surface area contributed by atoms with Crippen LogP contribution >= 0.6 is 0 Å². The first kappa shape index (κ1) is 14.9. The third kappa shape index (κ3) is 3.10. The molecule has 0 bridgehead atoms. The topological polar surface area (TPSA) is 119 Å². The molecule has 0 saturated heterocycles. The molecule has 0 aromatic carbocycles. The number of aromatic nitrogens is 8. The number of amides is 1. The van der Waals surface area contributed by atoms with E-state index in [0.29, 0.717) is 17.3 Å². The normalized spacial score (nSPS) is 10.9. The van der Waals surface area contributed by atoms with Crippen molar-refractivity contribution in [2.75, 3.05) is 5.32 Å². The third-order valence-electron chi connectivity index (χ3n) is 3.37. The maximum Gasteiger partial charge on any atom is 0.274 e. The number of anilines is 1. The van der Waals surface area contributed by atoms with Crippen LogP contribution in [-0.4, -0.2) is 46.1 Å². The van der Waals surface area contributed by atoms with E-state index in [1.165, 1.54) is 11.0 Å². The molecule has 23 heavy (non-hydrogen) atoms. The number of H-pyrrole nitrogens is 1. The number of aromatic amines is 1. The summed E-state index contributed by atoms with van der Waals surface area (Å²) in [6.07, 6.45) is 5.20. The van der Waals surface area contributed by atoms with Crippen LogP contribution in [0.15, 0.2) is 18.6 Å². The molecule has 120 valence electrons. The van der Waals surface area contributed by atoms with Crippen molar-refractivity contribution in [1.29, 1.82) is 0 Å². The van der Waals surface area contributed by atoms with Gasteiger partial charge in [-0.1, -0.05) is 13.3 Å². The number of rotatable bonds is 6. The maximum absolute atomic E-state index is 12.4. The number of carbonyl (C=O) groups excluding carboxylic acids is 1. The van der Waals surface area contributed by atoms with Gasteiger partial charge in [-0.15, -0.1) is 5.10 Å². The van der Waals surface area contributed by atoms with Crippen LogP contribution in [0.4, 0.5) is 5.82 Å². The van der Waals surface area contributed by atoms with Gasteiger partial charge in [-0.05, 0) is 23.8 Å². The van der Waals surface area contributed by atoms with Crippen molar-refractivity contribution < 1.29 is 4.79 Å². The Balaban J connectivity index is 1.76. The lowest BCUT2D eigenvalue weighted by molar-refractivity contribution is 0.102. The Labute approximate surface area is 131 Å². The van der Waals surface area contributed by atoms with Crippen molar-refractivity contribution in [3.8, 4) is 5.82 Å². The SMILES string of the molecule is CCCCn1ncc(C)c1NC(=O)c1cc(-n2cnnn2)n[nH]1. The van der Waals surface area contributed by atoms with E-state index < -0.39 is 0 Å². The highest BCUT2D eigenvalue weighted by molar-refractivity contribution is 6.03. The maximum atomic E-state index is 12.4. The van der Waals surface area contributed by atoms with Crippen LogP contribution in [0.25, 0.3) is 5.82 Å². The number of hydrogen-bond acceptors (Lipinski definition) is 6. The van der Waals surface area contributed by atoms with Gasteiger partial charge in [0.25, 0.3) is 5.91 Å². The Morgan fingerprint density at radius 1 is 1.43 bits per heavy atom. The first-order valence-electron chi connectivity index (χ1n) is 7.31. The molecule has 3 rings (SSSR count). The minimum absolute atomic E-state index is 0.293. The minimum Gasteiger partial charge on any atom is -0.305 e. The first-order chi connectivity index (χ1) is 11.2. The van der Waals surface area contributed by atoms with Gasteiger partial charge in [0, 0.05) is 18.2 Å². The van der Waals surface area contributed by atoms with Gasteiger partial charge in [-0.3, -0.25) is 9.89 Å². The van der Waals surface area contributed by atoms with Gasteiger partial charge in [-0.2, -0.15) is 14.9 Å². The van der Waals surface area contributed by atoms with Gasteiger partial charge in [0.2, 0.25) is 0 Å². The highest BCUT2D eigenvalue weighted by Crippen LogP contribution is 2.16. The van der Waals surface area contributed by atoms with Crippen LogP contribution in [0.2, 0.25) is 0 Å². The highest BCUT2D eigenvalue weighted by Gasteiger charge is 2.15. The molecule has 2 N–H and O–H groups in total. The quantitative estimate of drug-likeness (QED) is 0.698. The molecule has 3 aromatic heterocycles. The van der Waals surface area contributed by atoms with E-state index in [9.17, 15) is 4.79 Å². The number of nitrogens with zero attached hydrogens (tertiary/aromatic N) is 7. The Morgan fingerprint density at radius 3 is 3.04 bits per heavy atom. The van der Waals surface area contributed by atoms with E-state index in [1.54, 1.807) is 16.9 Å². The van der Waals surface area contributed by atoms with Gasteiger partial charge >= 0.3 is 0 Å². The van der Waals surface area contributed by atoms with E-state index in [0.717, 1.165) is 24.9 Å². The second-order valence-corrected chi connectivity index (χ2v) is 5.10. The average Bonchev–Trinajstić information content (AvgIpc) is 3.27. The number of unbranched alkanes of at least 4 members (excludes halogenated alkanes) is 1. The number of aryl methyl sites for hydroxylation is 2. The minimum atomic E-state index is -0.293. The largest absolute Gasteiger partial charge is 0.305 e. The van der Waals surface area contributed by atoms with Gasteiger partial charge in [-0.25, -0.2) is 4.68 Å². The molecule has 0 aliphatic rings. The summed E-state index contributed by atoms with van der Waals surface area (Å²) in [4.78, 5) is 12.4. The molecule has 0 aliphatic carbocycles. The monoisotopic (exact) mass is 315 g/mol. The fraction of sp³-hybridized carbons (Fsp3) is 0.385. The zero-order chi connectivity index (χ0) is 16.2. The number of carbonyl (C=O) groups is 1. The number of tetrazole rings is 1. The Morgan fingerprint density at radius 2 is 2.30 bits per heavy atom. The van der Waals surface area contributed by atoms with Crippen molar-refractivity contribution in [1.82, 2.24) is 40.2 Å². The predicted molar refractivity (Wildman–Crippen MR) is 81.1 cm³/mol. The highest BCUT2D eigenvalue weighted by atomic mass is 16.2. The lowest BCUT2D eigenvalue weighted by Gasteiger charge is -2.08. The zero-order valence-corrected chi connectivity index (χ0v) is 12.9. The van der Waals surface area contributed by atoms with Gasteiger partial charge in [0.15, 0.2) is 5.82 Å². The first-order valence-corrected chi connectivity index (χ1v) is 7.31. The van der Waals surface area contributed by atoms with Crippen molar-refractivity contribution in [2.24, 2.45) is 0 Å². The van der Waals surface area contributed by atoms with Crippen LogP contribution < -0.4 is 5.32 Å². The Hall–Kier alpha value is -3.04. The fourth-order valence-corrected chi connectivity index (χ4v) is 2.11. The van der Waals surface area contributed by atoms with E-state index in [-0.39, 0.29) is 5.91 Å². The third-order valence-corrected chi connectivity index (χ3v) is 3.37. The molecule has 0 atom stereocenters. The summed E-state index contributed by atoms with van der Waals surface area (Å²) in [5.74, 6) is 0.844. The Kier molecular flexibility index (Phi) is 4.13. The summed E-state index contributed by atoms with van der Waals surface area (Å²) in [7, 11) is 0. The lowest BCUT2D eigenvalue weighted by atomic mass is 10.3. The van der Waals surface area contributed by atoms with E-state index in [4.69, 9.17) is 0 Å². The molecule has 0 saturated carbocycles. The van der Waals surface area contributed by atoms with E-state index in [1.807, 2.05) is 6.92 Å². The van der Waals surface area contributed by atoms with Gasteiger partial charge < -0.3 is 5.32 Å². The average molecular weight is 315 g/mol.